The van der Waals surface area contributed by atoms with Crippen molar-refractivity contribution >= 4 is 35.3 Å². The molecule has 0 spiro atoms. The van der Waals surface area contributed by atoms with Gasteiger partial charge < -0.3 is 20.1 Å². The number of rotatable bonds is 11. The number of hydrogen-bond donors (Lipinski definition) is 3. The Morgan fingerprint density at radius 2 is 1.58 bits per heavy atom. The van der Waals surface area contributed by atoms with Gasteiger partial charge in [-0.1, -0.05) is 24.3 Å². The van der Waals surface area contributed by atoms with E-state index in [1.54, 1.807) is 24.3 Å². The number of nitrogens with zero attached hydrogens (tertiary/aromatic N) is 1. The summed E-state index contributed by atoms with van der Waals surface area (Å²) in [5.74, 6) is -1.12. The number of amides is 3. The van der Waals surface area contributed by atoms with Gasteiger partial charge >= 0.3 is 0 Å². The molecule has 0 radical (unpaired) electrons. The number of nitrogens with one attached hydrogen (secondary N) is 3. The maximum Gasteiger partial charge on any atom is 0.262 e. The molecule has 0 fully saturated rings. The summed E-state index contributed by atoms with van der Waals surface area (Å²) in [6.45, 7) is 3.53. The molecule has 0 saturated heterocycles. The molecule has 0 aliphatic heterocycles. The van der Waals surface area contributed by atoms with Gasteiger partial charge in [-0.2, -0.15) is 5.10 Å². The zero-order valence-electron chi connectivity index (χ0n) is 21.3. The Hall–Kier alpha value is -4.73. The molecule has 0 saturated carbocycles. The van der Waals surface area contributed by atoms with E-state index in [2.05, 4.69) is 21.2 Å². The normalized spacial score (nSPS) is 10.6. The Balaban J connectivity index is 1.46. The lowest BCUT2D eigenvalue weighted by molar-refractivity contribution is -0.124. The van der Waals surface area contributed by atoms with E-state index in [1.807, 2.05) is 32.0 Å². The molecule has 3 amide bonds. The summed E-state index contributed by atoms with van der Waals surface area (Å²) < 4.78 is 24.5. The summed E-state index contributed by atoms with van der Waals surface area (Å²) in [6.07, 6.45) is 1.39. The molecule has 3 aromatic rings. The number of halogens is 1. The van der Waals surface area contributed by atoms with Crippen molar-refractivity contribution in [2.45, 2.75) is 26.7 Å². The van der Waals surface area contributed by atoms with Gasteiger partial charge in [-0.25, -0.2) is 9.82 Å². The van der Waals surface area contributed by atoms with Crippen molar-refractivity contribution in [1.29, 1.82) is 0 Å². The average Bonchev–Trinajstić information content (AvgIpc) is 2.90. The second-order valence-corrected chi connectivity index (χ2v) is 8.32. The van der Waals surface area contributed by atoms with Crippen LogP contribution in [0.1, 0.15) is 29.5 Å². The van der Waals surface area contributed by atoms with Crippen molar-refractivity contribution in [3.8, 4) is 11.5 Å². The quantitative estimate of drug-likeness (QED) is 0.257. The highest BCUT2D eigenvalue weighted by Crippen LogP contribution is 2.27. The highest BCUT2D eigenvalue weighted by atomic mass is 19.1. The summed E-state index contributed by atoms with van der Waals surface area (Å²) in [6, 6.07) is 16.3. The topological polar surface area (TPSA) is 118 Å². The number of carbonyl (C=O) groups is 3. The molecule has 0 aliphatic carbocycles. The standard InChI is InChI=1S/C28H29FN4O5/c1-18-7-6-10-22(19(18)2)31-26(34)13-14-27(35)33-30-16-20-11-12-24(25(15-20)37-3)38-17-28(36)32-23-9-5-4-8-21(23)29/h4-12,15-16H,13-14,17H2,1-3H3,(H,31,34)(H,32,36)(H,33,35). The molecule has 0 heterocycles. The molecular weight excluding hydrogens is 491 g/mol. The number of methoxy groups -OCH3 is 1. The van der Waals surface area contributed by atoms with E-state index < -0.39 is 17.6 Å². The van der Waals surface area contributed by atoms with Crippen molar-refractivity contribution in [1.82, 2.24) is 5.43 Å². The fourth-order valence-electron chi connectivity index (χ4n) is 3.34. The van der Waals surface area contributed by atoms with E-state index in [-0.39, 0.29) is 31.0 Å². The van der Waals surface area contributed by atoms with E-state index >= 15 is 0 Å². The smallest absolute Gasteiger partial charge is 0.262 e. The third kappa shape index (κ3) is 8.16. The number of para-hydroxylation sites is 1. The maximum atomic E-state index is 13.7. The summed E-state index contributed by atoms with van der Waals surface area (Å²) in [7, 11) is 1.44. The summed E-state index contributed by atoms with van der Waals surface area (Å²) in [5, 5.41) is 9.16. The van der Waals surface area contributed by atoms with Gasteiger partial charge in [0.25, 0.3) is 5.91 Å². The first-order chi connectivity index (χ1) is 18.3. The van der Waals surface area contributed by atoms with Crippen LogP contribution in [-0.2, 0) is 14.4 Å². The summed E-state index contributed by atoms with van der Waals surface area (Å²) >= 11 is 0. The largest absolute Gasteiger partial charge is 0.493 e. The molecule has 38 heavy (non-hydrogen) atoms. The minimum Gasteiger partial charge on any atom is -0.493 e. The van der Waals surface area contributed by atoms with Crippen molar-refractivity contribution < 1.29 is 28.2 Å². The number of aryl methyl sites for hydroxylation is 1. The molecule has 3 N–H and O–H groups in total. The van der Waals surface area contributed by atoms with Crippen molar-refractivity contribution in [2.24, 2.45) is 5.10 Å². The van der Waals surface area contributed by atoms with Crippen LogP contribution in [0, 0.1) is 19.7 Å². The lowest BCUT2D eigenvalue weighted by Gasteiger charge is -2.11. The van der Waals surface area contributed by atoms with Gasteiger partial charge in [-0.15, -0.1) is 0 Å². The minimum atomic E-state index is -0.547. The molecule has 9 nitrogen and oxygen atoms in total. The third-order valence-electron chi connectivity index (χ3n) is 5.56. The first kappa shape index (κ1) is 27.9. The Bertz CT molecular complexity index is 1340. The molecule has 0 unspecified atom stereocenters. The van der Waals surface area contributed by atoms with E-state index in [9.17, 15) is 18.8 Å². The van der Waals surface area contributed by atoms with Crippen LogP contribution in [0.25, 0.3) is 0 Å². The lowest BCUT2D eigenvalue weighted by atomic mass is 10.1. The second-order valence-electron chi connectivity index (χ2n) is 8.32. The van der Waals surface area contributed by atoms with E-state index in [0.29, 0.717) is 17.1 Å². The Morgan fingerprint density at radius 1 is 0.868 bits per heavy atom. The monoisotopic (exact) mass is 520 g/mol. The molecule has 0 bridgehead atoms. The van der Waals surface area contributed by atoms with Crippen LogP contribution in [0.15, 0.2) is 65.8 Å². The molecule has 10 heteroatoms. The second kappa shape index (κ2) is 13.5. The number of ether oxygens (including phenoxy) is 2. The van der Waals surface area contributed by atoms with Gasteiger partial charge in [0.15, 0.2) is 18.1 Å². The molecule has 3 rings (SSSR count). The van der Waals surface area contributed by atoms with Crippen LogP contribution in [0.3, 0.4) is 0 Å². The van der Waals surface area contributed by atoms with Crippen LogP contribution in [0.5, 0.6) is 11.5 Å². The number of carbonyl (C=O) groups excluding carboxylic acids is 3. The number of hydrogen-bond acceptors (Lipinski definition) is 6. The zero-order valence-corrected chi connectivity index (χ0v) is 21.3. The van der Waals surface area contributed by atoms with E-state index in [4.69, 9.17) is 9.47 Å². The van der Waals surface area contributed by atoms with E-state index in [1.165, 1.54) is 31.5 Å². The van der Waals surface area contributed by atoms with Gasteiger partial charge in [0, 0.05) is 18.5 Å². The number of hydrazone groups is 1. The van der Waals surface area contributed by atoms with Crippen molar-refractivity contribution in [2.75, 3.05) is 24.4 Å². The summed E-state index contributed by atoms with van der Waals surface area (Å²) in [5.41, 5.74) is 5.81. The van der Waals surface area contributed by atoms with Crippen molar-refractivity contribution in [3.05, 3.63) is 83.2 Å². The van der Waals surface area contributed by atoms with Crippen LogP contribution in [0.4, 0.5) is 15.8 Å². The van der Waals surface area contributed by atoms with Crippen LogP contribution < -0.4 is 25.5 Å². The summed E-state index contributed by atoms with van der Waals surface area (Å²) in [4.78, 5) is 36.4. The third-order valence-corrected chi connectivity index (χ3v) is 5.56. The predicted octanol–water partition coefficient (Wildman–Crippen LogP) is 4.34. The van der Waals surface area contributed by atoms with Crippen LogP contribution in [0.2, 0.25) is 0 Å². The Morgan fingerprint density at radius 3 is 2.34 bits per heavy atom. The molecule has 198 valence electrons. The van der Waals surface area contributed by atoms with Gasteiger partial charge in [0.1, 0.15) is 5.82 Å². The fourth-order valence-corrected chi connectivity index (χ4v) is 3.34. The van der Waals surface area contributed by atoms with Crippen molar-refractivity contribution in [3.63, 3.8) is 0 Å². The van der Waals surface area contributed by atoms with Gasteiger partial charge in [-0.3, -0.25) is 14.4 Å². The minimum absolute atomic E-state index is 0.0130. The highest BCUT2D eigenvalue weighted by Gasteiger charge is 2.11. The lowest BCUT2D eigenvalue weighted by Crippen LogP contribution is -2.21. The first-order valence-corrected chi connectivity index (χ1v) is 11.8. The van der Waals surface area contributed by atoms with Crippen LogP contribution in [-0.4, -0.2) is 37.7 Å². The van der Waals surface area contributed by atoms with Crippen LogP contribution >= 0.6 is 0 Å². The predicted molar refractivity (Wildman–Crippen MR) is 143 cm³/mol. The van der Waals surface area contributed by atoms with Gasteiger partial charge in [-0.05, 0) is 66.9 Å². The highest BCUT2D eigenvalue weighted by molar-refractivity contribution is 5.94. The van der Waals surface area contributed by atoms with E-state index in [0.717, 1.165) is 16.8 Å². The Labute approximate surface area is 220 Å². The number of anilines is 2. The zero-order chi connectivity index (χ0) is 27.5. The fraction of sp³-hybridized carbons (Fsp3) is 0.214. The molecule has 0 aromatic heterocycles. The SMILES string of the molecule is COc1cc(C=NNC(=O)CCC(=O)Nc2cccc(C)c2C)ccc1OCC(=O)Nc1ccccc1F. The average molecular weight is 521 g/mol. The number of benzene rings is 3. The molecule has 0 aliphatic rings. The molecular formula is C28H29FN4O5. The Kier molecular flexibility index (Phi) is 9.93. The maximum absolute atomic E-state index is 13.7. The first-order valence-electron chi connectivity index (χ1n) is 11.8. The molecule has 0 atom stereocenters. The molecule has 3 aromatic carbocycles. The van der Waals surface area contributed by atoms with Gasteiger partial charge in [0.05, 0.1) is 19.0 Å². The van der Waals surface area contributed by atoms with Gasteiger partial charge in [0.2, 0.25) is 11.8 Å².